The second-order valence-corrected chi connectivity index (χ2v) is 6.59. The quantitative estimate of drug-likeness (QED) is 0.813. The number of likely N-dealkylation sites (tertiary alicyclic amines) is 1. The number of urea groups is 1. The molecule has 124 valence electrons. The molecule has 0 unspecified atom stereocenters. The summed E-state index contributed by atoms with van der Waals surface area (Å²) in [5, 5.41) is 12.5. The van der Waals surface area contributed by atoms with Crippen molar-refractivity contribution < 1.29 is 14.7 Å². The molecule has 0 radical (unpaired) electrons. The van der Waals surface area contributed by atoms with Crippen molar-refractivity contribution in [2.75, 3.05) is 19.6 Å². The van der Waals surface area contributed by atoms with Gasteiger partial charge < -0.3 is 15.3 Å². The van der Waals surface area contributed by atoms with Crippen molar-refractivity contribution in [3.63, 3.8) is 0 Å². The third kappa shape index (κ3) is 3.16. The van der Waals surface area contributed by atoms with Crippen LogP contribution in [0.1, 0.15) is 31.4 Å². The summed E-state index contributed by atoms with van der Waals surface area (Å²) in [6.45, 7) is 1.49. The van der Waals surface area contributed by atoms with Gasteiger partial charge in [0.05, 0.1) is 5.41 Å². The van der Waals surface area contributed by atoms with E-state index < -0.39 is 11.4 Å². The molecule has 0 aromatic carbocycles. The highest BCUT2D eigenvalue weighted by Crippen LogP contribution is 2.48. The van der Waals surface area contributed by atoms with Crippen molar-refractivity contribution >= 4 is 12.0 Å². The highest BCUT2D eigenvalue weighted by molar-refractivity contribution is 5.80. The summed E-state index contributed by atoms with van der Waals surface area (Å²) in [4.78, 5) is 29.8. The van der Waals surface area contributed by atoms with Crippen LogP contribution in [-0.2, 0) is 11.2 Å². The van der Waals surface area contributed by atoms with Gasteiger partial charge in [-0.25, -0.2) is 4.79 Å². The number of hydrogen-bond donors (Lipinski definition) is 2. The van der Waals surface area contributed by atoms with E-state index in [1.807, 2.05) is 18.2 Å². The summed E-state index contributed by atoms with van der Waals surface area (Å²) in [5.41, 5.74) is 0.313. The number of fused-ring (bicyclic) bond motifs is 1. The zero-order valence-corrected chi connectivity index (χ0v) is 13.2. The Morgan fingerprint density at radius 3 is 3.00 bits per heavy atom. The molecular weight excluding hydrogens is 294 g/mol. The van der Waals surface area contributed by atoms with Crippen LogP contribution in [0.4, 0.5) is 4.79 Å². The fourth-order valence-electron chi connectivity index (χ4n) is 3.92. The minimum Gasteiger partial charge on any atom is -0.481 e. The van der Waals surface area contributed by atoms with E-state index in [1.54, 1.807) is 11.1 Å². The Labute approximate surface area is 135 Å². The number of nitrogens with one attached hydrogen (secondary N) is 1. The number of nitrogens with zero attached hydrogens (tertiary/aromatic N) is 2. The number of aryl methyl sites for hydroxylation is 1. The largest absolute Gasteiger partial charge is 0.481 e. The summed E-state index contributed by atoms with van der Waals surface area (Å²) in [6, 6.07) is 5.67. The zero-order chi connectivity index (χ0) is 16.3. The van der Waals surface area contributed by atoms with Crippen molar-refractivity contribution in [3.8, 4) is 0 Å². The molecule has 1 saturated carbocycles. The Balaban J connectivity index is 1.45. The maximum atomic E-state index is 12.3. The van der Waals surface area contributed by atoms with E-state index in [-0.39, 0.29) is 11.9 Å². The van der Waals surface area contributed by atoms with Crippen molar-refractivity contribution in [1.82, 2.24) is 15.2 Å². The van der Waals surface area contributed by atoms with E-state index in [9.17, 15) is 14.7 Å². The predicted octanol–water partition coefficient (Wildman–Crippen LogP) is 1.91. The van der Waals surface area contributed by atoms with Gasteiger partial charge in [0.2, 0.25) is 0 Å². The Hall–Kier alpha value is -2.11. The molecule has 2 N–H and O–H groups in total. The van der Waals surface area contributed by atoms with Gasteiger partial charge in [-0.15, -0.1) is 0 Å². The molecule has 1 aliphatic carbocycles. The van der Waals surface area contributed by atoms with Gasteiger partial charge >= 0.3 is 12.0 Å². The minimum absolute atomic E-state index is 0.110. The lowest BCUT2D eigenvalue weighted by atomic mass is 9.81. The average Bonchev–Trinajstić information content (AvgIpc) is 3.10. The molecule has 1 saturated heterocycles. The first-order valence-electron chi connectivity index (χ1n) is 8.28. The standard InChI is InChI=1S/C17H23N3O3/c21-15(22)17-8-3-5-13(17)11-20(12-17)16(23)19-10-4-7-14-6-1-2-9-18-14/h1-2,6,9,13H,3-5,7-8,10-12H2,(H,19,23)(H,21,22)/t13-,17+/m0/s1. The van der Waals surface area contributed by atoms with E-state index >= 15 is 0 Å². The normalized spacial score (nSPS) is 26.1. The zero-order valence-electron chi connectivity index (χ0n) is 13.2. The van der Waals surface area contributed by atoms with Crippen LogP contribution in [0.3, 0.4) is 0 Å². The number of carbonyl (C=O) groups excluding carboxylic acids is 1. The second kappa shape index (κ2) is 6.56. The summed E-state index contributed by atoms with van der Waals surface area (Å²) in [6.07, 6.45) is 5.97. The molecule has 23 heavy (non-hydrogen) atoms. The number of carboxylic acids is 1. The van der Waals surface area contributed by atoms with E-state index in [1.165, 1.54) is 0 Å². The summed E-state index contributed by atoms with van der Waals surface area (Å²) >= 11 is 0. The Bertz CT molecular complexity index is 578. The number of hydrogen-bond acceptors (Lipinski definition) is 3. The maximum Gasteiger partial charge on any atom is 0.317 e. The third-order valence-electron chi connectivity index (χ3n) is 5.20. The number of aliphatic carboxylic acids is 1. The fraction of sp³-hybridized carbons (Fsp3) is 0.588. The summed E-state index contributed by atoms with van der Waals surface area (Å²) in [7, 11) is 0. The molecule has 6 heteroatoms. The van der Waals surface area contributed by atoms with Crippen molar-refractivity contribution in [1.29, 1.82) is 0 Å². The van der Waals surface area contributed by atoms with E-state index in [4.69, 9.17) is 0 Å². The second-order valence-electron chi connectivity index (χ2n) is 6.59. The van der Waals surface area contributed by atoms with Crippen LogP contribution < -0.4 is 5.32 Å². The molecule has 2 heterocycles. The van der Waals surface area contributed by atoms with Crippen LogP contribution in [0.5, 0.6) is 0 Å². The van der Waals surface area contributed by atoms with Gasteiger partial charge in [0, 0.05) is 31.5 Å². The van der Waals surface area contributed by atoms with E-state index in [0.717, 1.165) is 31.4 Å². The number of carboxylic acid groups (broad SMARTS) is 1. The van der Waals surface area contributed by atoms with Crippen LogP contribution in [0.15, 0.2) is 24.4 Å². The Morgan fingerprint density at radius 1 is 1.43 bits per heavy atom. The first kappa shape index (κ1) is 15.8. The highest BCUT2D eigenvalue weighted by Gasteiger charge is 2.55. The highest BCUT2D eigenvalue weighted by atomic mass is 16.4. The van der Waals surface area contributed by atoms with Gasteiger partial charge in [-0.05, 0) is 43.7 Å². The van der Waals surface area contributed by atoms with Gasteiger partial charge in [0.1, 0.15) is 0 Å². The lowest BCUT2D eigenvalue weighted by Gasteiger charge is -2.23. The molecule has 0 spiro atoms. The van der Waals surface area contributed by atoms with Crippen LogP contribution in [0.25, 0.3) is 0 Å². The Morgan fingerprint density at radius 2 is 2.30 bits per heavy atom. The van der Waals surface area contributed by atoms with Gasteiger partial charge in [0.25, 0.3) is 0 Å². The fourth-order valence-corrected chi connectivity index (χ4v) is 3.92. The molecule has 1 aromatic rings. The van der Waals surface area contributed by atoms with Gasteiger partial charge in [-0.3, -0.25) is 9.78 Å². The molecule has 2 amide bonds. The van der Waals surface area contributed by atoms with Gasteiger partial charge in [0.15, 0.2) is 0 Å². The van der Waals surface area contributed by atoms with Crippen molar-refractivity contribution in [2.45, 2.75) is 32.1 Å². The molecule has 2 aliphatic rings. The van der Waals surface area contributed by atoms with Gasteiger partial charge in [-0.2, -0.15) is 0 Å². The lowest BCUT2D eigenvalue weighted by molar-refractivity contribution is -0.149. The van der Waals surface area contributed by atoms with Crippen LogP contribution in [-0.4, -0.2) is 46.6 Å². The number of aromatic nitrogens is 1. The predicted molar refractivity (Wildman–Crippen MR) is 84.9 cm³/mol. The summed E-state index contributed by atoms with van der Waals surface area (Å²) < 4.78 is 0. The van der Waals surface area contributed by atoms with Crippen molar-refractivity contribution in [2.24, 2.45) is 11.3 Å². The number of pyridine rings is 1. The third-order valence-corrected chi connectivity index (χ3v) is 5.20. The topological polar surface area (TPSA) is 82.5 Å². The molecule has 1 aliphatic heterocycles. The van der Waals surface area contributed by atoms with E-state index in [0.29, 0.717) is 26.1 Å². The van der Waals surface area contributed by atoms with Gasteiger partial charge in [-0.1, -0.05) is 12.5 Å². The first-order valence-corrected chi connectivity index (χ1v) is 8.28. The molecule has 6 nitrogen and oxygen atoms in total. The first-order chi connectivity index (χ1) is 11.1. The van der Waals surface area contributed by atoms with Crippen LogP contribution in [0, 0.1) is 11.3 Å². The SMILES string of the molecule is O=C(NCCCc1ccccn1)N1C[C@@H]2CCC[C@@]2(C(=O)O)C1. The monoisotopic (exact) mass is 317 g/mol. The molecule has 3 rings (SSSR count). The maximum absolute atomic E-state index is 12.3. The van der Waals surface area contributed by atoms with E-state index in [2.05, 4.69) is 10.3 Å². The molecule has 2 atom stereocenters. The average molecular weight is 317 g/mol. The smallest absolute Gasteiger partial charge is 0.317 e. The molecule has 0 bridgehead atoms. The van der Waals surface area contributed by atoms with Crippen LogP contribution >= 0.6 is 0 Å². The van der Waals surface area contributed by atoms with Crippen LogP contribution in [0.2, 0.25) is 0 Å². The molecule has 2 fully saturated rings. The number of rotatable bonds is 5. The molecule has 1 aromatic heterocycles. The Kier molecular flexibility index (Phi) is 4.50. The summed E-state index contributed by atoms with van der Waals surface area (Å²) in [5.74, 6) is -0.635. The number of carbonyl (C=O) groups is 2. The minimum atomic E-state index is -0.745. The lowest BCUT2D eigenvalue weighted by Crippen LogP contribution is -2.42. The molecular formula is C17H23N3O3. The van der Waals surface area contributed by atoms with Crippen molar-refractivity contribution in [3.05, 3.63) is 30.1 Å². The number of amides is 2.